The molecule has 0 radical (unpaired) electrons. The molecule has 5 heteroatoms. The number of nitrogens with zero attached hydrogens (tertiary/aromatic N) is 3. The van der Waals surface area contributed by atoms with Gasteiger partial charge in [0, 0.05) is 11.4 Å². The molecule has 0 unspecified atom stereocenters. The minimum absolute atomic E-state index is 0.358. The number of aromatic nitrogens is 3. The molecule has 0 saturated carbocycles. The van der Waals surface area contributed by atoms with E-state index >= 15 is 0 Å². The van der Waals surface area contributed by atoms with E-state index in [4.69, 9.17) is 0 Å². The van der Waals surface area contributed by atoms with Crippen molar-refractivity contribution in [2.24, 2.45) is 0 Å². The molecule has 0 aliphatic carbocycles. The maximum Gasteiger partial charge on any atom is 0.178 e. The molecule has 2 aromatic heterocycles. The number of aryl methyl sites for hydroxylation is 2. The second-order valence-corrected chi connectivity index (χ2v) is 4.41. The molecule has 0 aliphatic heterocycles. The maximum atomic E-state index is 12.9. The molecule has 4 nitrogen and oxygen atoms in total. The Balaban J connectivity index is 2.36. The number of rotatable bonds is 4. The molecule has 1 N–H and O–H groups in total. The lowest BCUT2D eigenvalue weighted by Gasteiger charge is -2.10. The van der Waals surface area contributed by atoms with Crippen molar-refractivity contribution in [1.29, 1.82) is 0 Å². The second kappa shape index (κ2) is 5.84. The maximum absolute atomic E-state index is 12.9. The Kier molecular flexibility index (Phi) is 4.16. The zero-order valence-electron chi connectivity index (χ0n) is 11.4. The molecule has 2 aromatic rings. The summed E-state index contributed by atoms with van der Waals surface area (Å²) >= 11 is 0. The van der Waals surface area contributed by atoms with Crippen molar-refractivity contribution >= 4 is 0 Å². The summed E-state index contributed by atoms with van der Waals surface area (Å²) < 4.78 is 12.9. The van der Waals surface area contributed by atoms with Gasteiger partial charge in [-0.25, -0.2) is 19.3 Å². The predicted molar refractivity (Wildman–Crippen MR) is 72.3 cm³/mol. The fraction of sp³-hybridized carbons (Fsp3) is 0.357. The van der Waals surface area contributed by atoms with Gasteiger partial charge in [-0.1, -0.05) is 0 Å². The quantitative estimate of drug-likeness (QED) is 0.914. The van der Waals surface area contributed by atoms with E-state index in [9.17, 15) is 4.39 Å². The summed E-state index contributed by atoms with van der Waals surface area (Å²) in [5, 5.41) is 3.11. The van der Waals surface area contributed by atoms with E-state index in [0.29, 0.717) is 11.5 Å². The molecular formula is C14H17FN4. The zero-order chi connectivity index (χ0) is 13.8. The van der Waals surface area contributed by atoms with Gasteiger partial charge >= 0.3 is 0 Å². The van der Waals surface area contributed by atoms with Crippen LogP contribution in [0.15, 0.2) is 18.3 Å². The fourth-order valence-corrected chi connectivity index (χ4v) is 1.97. The van der Waals surface area contributed by atoms with E-state index in [2.05, 4.69) is 20.3 Å². The molecule has 0 fully saturated rings. The van der Waals surface area contributed by atoms with Gasteiger partial charge < -0.3 is 5.32 Å². The molecule has 0 aromatic carbocycles. The van der Waals surface area contributed by atoms with E-state index in [0.717, 1.165) is 29.9 Å². The highest BCUT2D eigenvalue weighted by Gasteiger charge is 2.10. The van der Waals surface area contributed by atoms with Crippen LogP contribution in [0.2, 0.25) is 0 Å². The first kappa shape index (κ1) is 13.5. The van der Waals surface area contributed by atoms with Crippen molar-refractivity contribution in [3.05, 3.63) is 41.1 Å². The molecule has 0 amide bonds. The third kappa shape index (κ3) is 3.12. The van der Waals surface area contributed by atoms with Gasteiger partial charge in [0.2, 0.25) is 0 Å². The monoisotopic (exact) mass is 260 g/mol. The van der Waals surface area contributed by atoms with Crippen LogP contribution in [-0.4, -0.2) is 28.5 Å². The number of nitrogens with one attached hydrogen (secondary N) is 1. The number of halogens is 1. The fourth-order valence-electron chi connectivity index (χ4n) is 1.97. The Labute approximate surface area is 112 Å². The second-order valence-electron chi connectivity index (χ2n) is 4.41. The summed E-state index contributed by atoms with van der Waals surface area (Å²) in [5.41, 5.74) is 3.64. The molecule has 19 heavy (non-hydrogen) atoms. The van der Waals surface area contributed by atoms with Crippen LogP contribution in [-0.2, 0) is 6.42 Å². The lowest BCUT2D eigenvalue weighted by molar-refractivity contribution is 0.621. The highest BCUT2D eigenvalue weighted by molar-refractivity contribution is 5.50. The predicted octanol–water partition coefficient (Wildman–Crippen LogP) is 2.06. The lowest BCUT2D eigenvalue weighted by atomic mass is 10.1. The molecule has 0 bridgehead atoms. The van der Waals surface area contributed by atoms with Gasteiger partial charge in [0.05, 0.1) is 6.20 Å². The number of hydrogen-bond acceptors (Lipinski definition) is 4. The minimum atomic E-state index is -0.358. The van der Waals surface area contributed by atoms with E-state index in [1.54, 1.807) is 6.07 Å². The highest BCUT2D eigenvalue weighted by atomic mass is 19.1. The van der Waals surface area contributed by atoms with Gasteiger partial charge in [0.15, 0.2) is 5.82 Å². The smallest absolute Gasteiger partial charge is 0.178 e. The van der Waals surface area contributed by atoms with Gasteiger partial charge in [-0.2, -0.15) is 0 Å². The third-order valence-electron chi connectivity index (χ3n) is 3.00. The molecule has 0 spiro atoms. The Morgan fingerprint density at radius 2 is 1.84 bits per heavy atom. The highest BCUT2D eigenvalue weighted by Crippen LogP contribution is 2.17. The summed E-state index contributed by atoms with van der Waals surface area (Å²) in [6.07, 6.45) is 2.07. The van der Waals surface area contributed by atoms with Crippen LogP contribution in [0.25, 0.3) is 11.5 Å². The van der Waals surface area contributed by atoms with Crippen molar-refractivity contribution in [2.45, 2.75) is 20.3 Å². The zero-order valence-corrected chi connectivity index (χ0v) is 11.4. The van der Waals surface area contributed by atoms with Crippen LogP contribution in [0, 0.1) is 19.7 Å². The first-order valence-corrected chi connectivity index (χ1v) is 6.22. The Morgan fingerprint density at radius 3 is 2.37 bits per heavy atom. The molecule has 0 saturated heterocycles. The summed E-state index contributed by atoms with van der Waals surface area (Å²) in [4.78, 5) is 12.9. The van der Waals surface area contributed by atoms with Crippen molar-refractivity contribution in [2.75, 3.05) is 13.6 Å². The number of hydrogen-bond donors (Lipinski definition) is 1. The summed E-state index contributed by atoms with van der Waals surface area (Å²) in [7, 11) is 1.92. The molecule has 2 rings (SSSR count). The summed E-state index contributed by atoms with van der Waals surface area (Å²) in [5.74, 6) is 0.186. The van der Waals surface area contributed by atoms with Crippen LogP contribution >= 0.6 is 0 Å². The van der Waals surface area contributed by atoms with Crippen LogP contribution < -0.4 is 5.32 Å². The third-order valence-corrected chi connectivity index (χ3v) is 3.00. The molecule has 100 valence electrons. The van der Waals surface area contributed by atoms with Gasteiger partial charge in [0.1, 0.15) is 11.5 Å². The van der Waals surface area contributed by atoms with E-state index < -0.39 is 0 Å². The molecule has 0 atom stereocenters. The Morgan fingerprint density at radius 1 is 1.16 bits per heavy atom. The van der Waals surface area contributed by atoms with Crippen molar-refractivity contribution in [3.8, 4) is 11.5 Å². The van der Waals surface area contributed by atoms with Crippen molar-refractivity contribution < 1.29 is 4.39 Å². The molecular weight excluding hydrogens is 243 g/mol. The normalized spacial score (nSPS) is 10.7. The van der Waals surface area contributed by atoms with Crippen molar-refractivity contribution in [1.82, 2.24) is 20.3 Å². The van der Waals surface area contributed by atoms with Crippen LogP contribution in [0.5, 0.6) is 0 Å². The number of pyridine rings is 1. The van der Waals surface area contributed by atoms with Crippen LogP contribution in [0.4, 0.5) is 4.39 Å². The van der Waals surface area contributed by atoms with Gasteiger partial charge in [0.25, 0.3) is 0 Å². The topological polar surface area (TPSA) is 50.7 Å². The van der Waals surface area contributed by atoms with E-state index in [1.807, 2.05) is 20.9 Å². The summed E-state index contributed by atoms with van der Waals surface area (Å²) in [6.45, 7) is 4.82. The lowest BCUT2D eigenvalue weighted by Crippen LogP contribution is -2.13. The Bertz CT molecular complexity index is 543. The minimum Gasteiger partial charge on any atom is -0.319 e. The molecule has 2 heterocycles. The average Bonchev–Trinajstić information content (AvgIpc) is 2.38. The molecule has 0 aliphatic rings. The average molecular weight is 260 g/mol. The van der Waals surface area contributed by atoms with Gasteiger partial charge in [-0.3, -0.25) is 0 Å². The first-order chi connectivity index (χ1) is 9.11. The first-order valence-electron chi connectivity index (χ1n) is 6.22. The summed E-state index contributed by atoms with van der Waals surface area (Å²) in [6, 6.07) is 2.96. The van der Waals surface area contributed by atoms with Crippen molar-refractivity contribution in [3.63, 3.8) is 0 Å². The SMILES string of the molecule is CNCCc1c(C)nc(-c2ccc(F)cn2)nc1C. The standard InChI is InChI=1S/C14H17FN4/c1-9-12(6-7-16-3)10(2)19-14(18-9)13-5-4-11(15)8-17-13/h4-5,8,16H,6-7H2,1-3H3. The van der Waals surface area contributed by atoms with E-state index in [-0.39, 0.29) is 5.82 Å². The van der Waals surface area contributed by atoms with Crippen LogP contribution in [0.1, 0.15) is 17.0 Å². The Hall–Kier alpha value is -1.88. The number of likely N-dealkylation sites (N-methyl/N-ethyl adjacent to an activating group) is 1. The van der Waals surface area contributed by atoms with Crippen LogP contribution in [0.3, 0.4) is 0 Å². The van der Waals surface area contributed by atoms with Gasteiger partial charge in [-0.15, -0.1) is 0 Å². The largest absolute Gasteiger partial charge is 0.319 e. The van der Waals surface area contributed by atoms with E-state index in [1.165, 1.54) is 12.3 Å². The van der Waals surface area contributed by atoms with Gasteiger partial charge in [-0.05, 0) is 51.6 Å².